The van der Waals surface area contributed by atoms with Gasteiger partial charge in [0.25, 0.3) is 5.69 Å². The second-order valence-electron chi connectivity index (χ2n) is 6.61. The number of benzene rings is 3. The molecule has 0 amide bonds. The number of hydrogen-bond donors (Lipinski definition) is 1. The van der Waals surface area contributed by atoms with Crippen LogP contribution in [0.2, 0.25) is 0 Å². The van der Waals surface area contributed by atoms with Crippen LogP contribution in [0.5, 0.6) is 11.5 Å². The number of fused-ring (bicyclic) bond motifs is 1. The number of ether oxygens (including phenoxy) is 2. The minimum absolute atomic E-state index is 0.00976. The highest BCUT2D eigenvalue weighted by atomic mass is 16.7. The molecule has 7 nitrogen and oxygen atoms in total. The number of nitrogens with one attached hydrogen (secondary N) is 1. The lowest BCUT2D eigenvalue weighted by Gasteiger charge is -2.20. The Morgan fingerprint density at radius 2 is 1.72 bits per heavy atom. The fraction of sp³-hybridized carbons (Fsp3) is 0.136. The summed E-state index contributed by atoms with van der Waals surface area (Å²) in [6.07, 6.45) is 0.209. The first-order valence-corrected chi connectivity index (χ1v) is 9.09. The molecule has 3 aromatic rings. The summed E-state index contributed by atoms with van der Waals surface area (Å²) in [5.74, 6) is 1.28. The van der Waals surface area contributed by atoms with Gasteiger partial charge in [-0.2, -0.15) is 0 Å². The van der Waals surface area contributed by atoms with E-state index in [0.29, 0.717) is 22.7 Å². The van der Waals surface area contributed by atoms with E-state index in [4.69, 9.17) is 9.47 Å². The van der Waals surface area contributed by atoms with Crippen molar-refractivity contribution in [1.82, 2.24) is 0 Å². The smallest absolute Gasteiger partial charge is 0.269 e. The summed E-state index contributed by atoms with van der Waals surface area (Å²) in [6.45, 7) is 0.169. The van der Waals surface area contributed by atoms with Gasteiger partial charge in [0, 0.05) is 29.8 Å². The van der Waals surface area contributed by atoms with Crippen molar-refractivity contribution >= 4 is 17.2 Å². The lowest BCUT2D eigenvalue weighted by atomic mass is 9.97. The maximum Gasteiger partial charge on any atom is 0.269 e. The number of rotatable bonds is 7. The number of nitrogens with zero attached hydrogens (tertiary/aromatic N) is 1. The third kappa shape index (κ3) is 4.19. The van der Waals surface area contributed by atoms with E-state index < -0.39 is 4.92 Å². The van der Waals surface area contributed by atoms with Gasteiger partial charge in [0.15, 0.2) is 17.3 Å². The Morgan fingerprint density at radius 3 is 2.45 bits per heavy atom. The van der Waals surface area contributed by atoms with Gasteiger partial charge in [-0.15, -0.1) is 0 Å². The van der Waals surface area contributed by atoms with E-state index in [1.54, 1.807) is 24.3 Å². The van der Waals surface area contributed by atoms with Crippen molar-refractivity contribution in [1.29, 1.82) is 0 Å². The van der Waals surface area contributed by atoms with Crippen LogP contribution in [-0.4, -0.2) is 17.5 Å². The Bertz CT molecular complexity index is 1030. The molecule has 1 N–H and O–H groups in total. The zero-order chi connectivity index (χ0) is 20.2. The summed E-state index contributed by atoms with van der Waals surface area (Å²) in [6, 6.07) is 20.4. The Morgan fingerprint density at radius 1 is 1.00 bits per heavy atom. The van der Waals surface area contributed by atoms with Gasteiger partial charge in [-0.1, -0.05) is 36.4 Å². The highest BCUT2D eigenvalue weighted by Crippen LogP contribution is 2.36. The molecule has 0 aromatic heterocycles. The molecule has 1 heterocycles. The number of nitro benzene ring substituents is 1. The molecule has 1 aliphatic heterocycles. The predicted molar refractivity (Wildman–Crippen MR) is 107 cm³/mol. The summed E-state index contributed by atoms with van der Waals surface area (Å²) in [7, 11) is 0. The normalized spacial score (nSPS) is 13.0. The van der Waals surface area contributed by atoms with Crippen LogP contribution in [0.25, 0.3) is 0 Å². The average Bonchev–Trinajstić information content (AvgIpc) is 3.22. The quantitative estimate of drug-likeness (QED) is 0.356. The number of Topliss-reactive ketones (excluding diaryl/α,β-unsaturated/α-hetero) is 1. The summed E-state index contributed by atoms with van der Waals surface area (Å²) < 4.78 is 10.8. The molecule has 0 radical (unpaired) electrons. The molecule has 0 bridgehead atoms. The van der Waals surface area contributed by atoms with E-state index in [1.165, 1.54) is 12.1 Å². The molecule has 1 unspecified atom stereocenters. The standard InChI is InChI=1S/C22H18N2O5/c25-20(15-4-2-1-3-5-15)13-19(16-6-11-21-22(12-16)29-14-28-21)23-17-7-9-18(10-8-17)24(26)27/h1-12,19,23H,13-14H2. The molecule has 0 fully saturated rings. The van der Waals surface area contributed by atoms with Crippen LogP contribution in [0.3, 0.4) is 0 Å². The molecule has 0 aliphatic carbocycles. The lowest BCUT2D eigenvalue weighted by Crippen LogP contribution is -2.16. The van der Waals surface area contributed by atoms with Crippen LogP contribution in [0, 0.1) is 10.1 Å². The lowest BCUT2D eigenvalue weighted by molar-refractivity contribution is -0.384. The second kappa shape index (κ2) is 8.02. The zero-order valence-corrected chi connectivity index (χ0v) is 15.4. The van der Waals surface area contributed by atoms with E-state index in [9.17, 15) is 14.9 Å². The molecule has 0 saturated heterocycles. The molecule has 4 rings (SSSR count). The van der Waals surface area contributed by atoms with Crippen molar-refractivity contribution in [2.24, 2.45) is 0 Å². The number of non-ortho nitro benzene ring substituents is 1. The largest absolute Gasteiger partial charge is 0.454 e. The second-order valence-corrected chi connectivity index (χ2v) is 6.61. The Balaban J connectivity index is 1.61. The fourth-order valence-electron chi connectivity index (χ4n) is 3.19. The summed E-state index contributed by atoms with van der Waals surface area (Å²) in [5, 5.41) is 14.2. The maximum atomic E-state index is 12.8. The average molecular weight is 390 g/mol. The van der Waals surface area contributed by atoms with E-state index in [1.807, 2.05) is 36.4 Å². The third-order valence-electron chi connectivity index (χ3n) is 4.70. The van der Waals surface area contributed by atoms with Gasteiger partial charge in [0.1, 0.15) is 0 Å². The maximum absolute atomic E-state index is 12.8. The van der Waals surface area contributed by atoms with Crippen molar-refractivity contribution in [2.45, 2.75) is 12.5 Å². The van der Waals surface area contributed by atoms with E-state index >= 15 is 0 Å². The molecule has 1 atom stereocenters. The SMILES string of the molecule is O=C(CC(Nc1ccc([N+](=O)[O-])cc1)c1ccc2c(c1)OCO2)c1ccccc1. The van der Waals surface area contributed by atoms with Crippen molar-refractivity contribution in [3.05, 3.63) is 94.0 Å². The van der Waals surface area contributed by atoms with Gasteiger partial charge < -0.3 is 14.8 Å². The molecular weight excluding hydrogens is 372 g/mol. The number of ketones is 1. The van der Waals surface area contributed by atoms with Crippen molar-refractivity contribution < 1.29 is 19.2 Å². The Kier molecular flexibility index (Phi) is 5.11. The molecule has 7 heteroatoms. The highest BCUT2D eigenvalue weighted by molar-refractivity contribution is 5.96. The molecule has 0 spiro atoms. The molecule has 0 saturated carbocycles. The zero-order valence-electron chi connectivity index (χ0n) is 15.4. The van der Waals surface area contributed by atoms with Gasteiger partial charge in [-0.25, -0.2) is 0 Å². The Labute approximate surface area is 167 Å². The number of nitro groups is 1. The van der Waals surface area contributed by atoms with Crippen molar-refractivity contribution in [3.8, 4) is 11.5 Å². The predicted octanol–water partition coefficient (Wildman–Crippen LogP) is 4.75. The highest BCUT2D eigenvalue weighted by Gasteiger charge is 2.21. The number of carbonyl (C=O) groups is 1. The van der Waals surface area contributed by atoms with Crippen LogP contribution < -0.4 is 14.8 Å². The van der Waals surface area contributed by atoms with Crippen molar-refractivity contribution in [3.63, 3.8) is 0 Å². The molecular formula is C22H18N2O5. The number of anilines is 1. The Hall–Kier alpha value is -3.87. The van der Waals surface area contributed by atoms with Gasteiger partial charge in [-0.3, -0.25) is 14.9 Å². The van der Waals surface area contributed by atoms with Gasteiger partial charge >= 0.3 is 0 Å². The van der Waals surface area contributed by atoms with E-state index in [-0.39, 0.29) is 30.7 Å². The first-order chi connectivity index (χ1) is 14.1. The first-order valence-electron chi connectivity index (χ1n) is 9.09. The first kappa shape index (κ1) is 18.5. The monoisotopic (exact) mass is 390 g/mol. The van der Waals surface area contributed by atoms with Crippen molar-refractivity contribution in [2.75, 3.05) is 12.1 Å². The van der Waals surface area contributed by atoms with Gasteiger partial charge in [-0.05, 0) is 29.8 Å². The minimum Gasteiger partial charge on any atom is -0.454 e. The summed E-state index contributed by atoms with van der Waals surface area (Å²) in [5.41, 5.74) is 2.18. The fourth-order valence-corrected chi connectivity index (χ4v) is 3.19. The van der Waals surface area contributed by atoms with E-state index in [0.717, 1.165) is 5.56 Å². The number of carbonyl (C=O) groups excluding carboxylic acids is 1. The van der Waals surface area contributed by atoms with E-state index in [2.05, 4.69) is 5.32 Å². The molecule has 29 heavy (non-hydrogen) atoms. The molecule has 1 aliphatic rings. The molecule has 146 valence electrons. The third-order valence-corrected chi connectivity index (χ3v) is 4.70. The molecule has 3 aromatic carbocycles. The number of hydrogen-bond acceptors (Lipinski definition) is 6. The topological polar surface area (TPSA) is 90.7 Å². The van der Waals surface area contributed by atoms with Crippen LogP contribution in [-0.2, 0) is 0 Å². The summed E-state index contributed by atoms with van der Waals surface area (Å²) >= 11 is 0. The minimum atomic E-state index is -0.446. The van der Waals surface area contributed by atoms with Gasteiger partial charge in [0.2, 0.25) is 6.79 Å². The van der Waals surface area contributed by atoms with Crippen LogP contribution in [0.15, 0.2) is 72.8 Å². The summed E-state index contributed by atoms with van der Waals surface area (Å²) in [4.78, 5) is 23.2. The van der Waals surface area contributed by atoms with Gasteiger partial charge in [0.05, 0.1) is 11.0 Å². The van der Waals surface area contributed by atoms with Crippen LogP contribution in [0.1, 0.15) is 28.4 Å². The van der Waals surface area contributed by atoms with Crippen LogP contribution >= 0.6 is 0 Å². The van der Waals surface area contributed by atoms with Crippen LogP contribution in [0.4, 0.5) is 11.4 Å².